The van der Waals surface area contributed by atoms with Gasteiger partial charge in [-0.25, -0.2) is 0 Å². The summed E-state index contributed by atoms with van der Waals surface area (Å²) in [7, 11) is 0. The fraction of sp³-hybridized carbons (Fsp3) is 0.364. The van der Waals surface area contributed by atoms with Crippen molar-refractivity contribution in [1.29, 1.82) is 0 Å². The smallest absolute Gasteiger partial charge is 0.252 e. The van der Waals surface area contributed by atoms with Gasteiger partial charge in [-0.1, -0.05) is 23.7 Å². The van der Waals surface area contributed by atoms with Gasteiger partial charge >= 0.3 is 0 Å². The third-order valence-corrected chi connectivity index (χ3v) is 2.56. The molecular formula is C11H13Cl2NO. The number of nitrogens with one attached hydrogen (secondary N) is 1. The molecule has 1 aromatic carbocycles. The van der Waals surface area contributed by atoms with Crippen LogP contribution >= 0.6 is 23.2 Å². The molecule has 0 aromatic heterocycles. The molecule has 0 fully saturated rings. The summed E-state index contributed by atoms with van der Waals surface area (Å²) < 4.78 is 0. The summed E-state index contributed by atoms with van der Waals surface area (Å²) in [5.74, 6) is 0.497. The largest absolute Gasteiger partial charge is 0.352 e. The van der Waals surface area contributed by atoms with Gasteiger partial charge in [0, 0.05) is 12.4 Å². The quantitative estimate of drug-likeness (QED) is 0.627. The lowest BCUT2D eigenvalue weighted by atomic mass is 10.2. The van der Waals surface area contributed by atoms with Gasteiger partial charge < -0.3 is 5.32 Å². The third-order valence-electron chi connectivity index (χ3n) is 1.96. The first-order chi connectivity index (χ1) is 7.25. The number of hydrogen-bond acceptors (Lipinski definition) is 1. The molecule has 0 saturated heterocycles. The zero-order valence-electron chi connectivity index (χ0n) is 8.30. The first-order valence-electron chi connectivity index (χ1n) is 4.84. The van der Waals surface area contributed by atoms with E-state index in [0.29, 0.717) is 23.0 Å². The van der Waals surface area contributed by atoms with E-state index in [1.54, 1.807) is 24.3 Å². The van der Waals surface area contributed by atoms with E-state index in [9.17, 15) is 4.79 Å². The fourth-order valence-corrected chi connectivity index (χ4v) is 1.57. The van der Waals surface area contributed by atoms with E-state index in [-0.39, 0.29) is 5.91 Å². The maximum Gasteiger partial charge on any atom is 0.252 e. The van der Waals surface area contributed by atoms with Crippen LogP contribution in [0.2, 0.25) is 5.02 Å². The molecule has 0 aliphatic rings. The van der Waals surface area contributed by atoms with Crippen LogP contribution < -0.4 is 5.32 Å². The van der Waals surface area contributed by atoms with Gasteiger partial charge in [-0.3, -0.25) is 4.79 Å². The summed E-state index contributed by atoms with van der Waals surface area (Å²) in [4.78, 5) is 11.6. The number of carbonyl (C=O) groups excluding carboxylic acids is 1. The zero-order chi connectivity index (χ0) is 11.1. The Balaban J connectivity index is 2.44. The topological polar surface area (TPSA) is 29.1 Å². The maximum absolute atomic E-state index is 11.6. The Labute approximate surface area is 99.6 Å². The second-order valence-corrected chi connectivity index (χ2v) is 3.92. The van der Waals surface area contributed by atoms with Gasteiger partial charge in [0.15, 0.2) is 0 Å². The molecule has 1 aromatic rings. The van der Waals surface area contributed by atoms with Crippen LogP contribution in [0.15, 0.2) is 24.3 Å². The van der Waals surface area contributed by atoms with Gasteiger partial charge in [0.2, 0.25) is 0 Å². The molecule has 82 valence electrons. The Kier molecular flexibility index (Phi) is 5.51. The standard InChI is InChI=1S/C11H13Cl2NO/c12-7-3-4-8-14-11(15)9-5-1-2-6-10(9)13/h1-2,5-6H,3-4,7-8H2,(H,14,15). The van der Waals surface area contributed by atoms with Crippen molar-refractivity contribution < 1.29 is 4.79 Å². The summed E-state index contributed by atoms with van der Waals surface area (Å²) in [6.07, 6.45) is 1.80. The van der Waals surface area contributed by atoms with Crippen LogP contribution in [0.5, 0.6) is 0 Å². The van der Waals surface area contributed by atoms with E-state index in [1.165, 1.54) is 0 Å². The van der Waals surface area contributed by atoms with Crippen LogP contribution in [0.4, 0.5) is 0 Å². The molecule has 0 aliphatic carbocycles. The minimum Gasteiger partial charge on any atom is -0.352 e. The highest BCUT2D eigenvalue weighted by molar-refractivity contribution is 6.33. The van der Waals surface area contributed by atoms with Crippen molar-refractivity contribution in [3.8, 4) is 0 Å². The van der Waals surface area contributed by atoms with Gasteiger partial charge in [0.05, 0.1) is 10.6 Å². The van der Waals surface area contributed by atoms with Crippen LogP contribution in [0, 0.1) is 0 Å². The number of benzene rings is 1. The summed E-state index contributed by atoms with van der Waals surface area (Å²) in [6, 6.07) is 7.00. The third kappa shape index (κ3) is 4.10. The number of halogens is 2. The van der Waals surface area contributed by atoms with Crippen molar-refractivity contribution in [2.45, 2.75) is 12.8 Å². The second-order valence-electron chi connectivity index (χ2n) is 3.13. The summed E-state index contributed by atoms with van der Waals surface area (Å²) in [5.41, 5.74) is 0.519. The molecule has 0 radical (unpaired) electrons. The molecule has 0 aliphatic heterocycles. The molecule has 0 heterocycles. The summed E-state index contributed by atoms with van der Waals surface area (Å²) in [6.45, 7) is 0.636. The zero-order valence-corrected chi connectivity index (χ0v) is 9.81. The van der Waals surface area contributed by atoms with Gasteiger partial charge in [0.1, 0.15) is 0 Å². The number of carbonyl (C=O) groups is 1. The lowest BCUT2D eigenvalue weighted by Gasteiger charge is -2.05. The number of alkyl halides is 1. The molecule has 1 amide bonds. The summed E-state index contributed by atoms with van der Waals surface area (Å²) in [5, 5.41) is 3.27. The molecule has 0 atom stereocenters. The molecular weight excluding hydrogens is 233 g/mol. The van der Waals surface area contributed by atoms with Crippen molar-refractivity contribution >= 4 is 29.1 Å². The molecule has 0 saturated carbocycles. The Morgan fingerprint density at radius 2 is 2.00 bits per heavy atom. The van der Waals surface area contributed by atoms with Gasteiger partial charge in [-0.15, -0.1) is 11.6 Å². The Morgan fingerprint density at radius 3 is 2.67 bits per heavy atom. The van der Waals surface area contributed by atoms with Crippen molar-refractivity contribution in [3.63, 3.8) is 0 Å². The molecule has 1 rings (SSSR count). The monoisotopic (exact) mass is 245 g/mol. The molecule has 0 spiro atoms. The van der Waals surface area contributed by atoms with E-state index in [0.717, 1.165) is 12.8 Å². The Bertz CT molecular complexity index is 328. The SMILES string of the molecule is O=C(NCCCCCl)c1ccccc1Cl. The lowest BCUT2D eigenvalue weighted by molar-refractivity contribution is 0.0953. The molecule has 2 nitrogen and oxygen atoms in total. The van der Waals surface area contributed by atoms with Crippen molar-refractivity contribution in [3.05, 3.63) is 34.9 Å². The number of hydrogen-bond donors (Lipinski definition) is 1. The average Bonchev–Trinajstić information content (AvgIpc) is 2.25. The first-order valence-corrected chi connectivity index (χ1v) is 5.75. The molecule has 0 unspecified atom stereocenters. The number of unbranched alkanes of at least 4 members (excludes halogenated alkanes) is 1. The van der Waals surface area contributed by atoms with Crippen LogP contribution in [0.1, 0.15) is 23.2 Å². The number of amides is 1. The van der Waals surface area contributed by atoms with E-state index < -0.39 is 0 Å². The number of rotatable bonds is 5. The van der Waals surface area contributed by atoms with E-state index in [4.69, 9.17) is 23.2 Å². The minimum atomic E-state index is -0.129. The van der Waals surface area contributed by atoms with Gasteiger partial charge in [-0.2, -0.15) is 0 Å². The van der Waals surface area contributed by atoms with E-state index in [2.05, 4.69) is 5.32 Å². The van der Waals surface area contributed by atoms with E-state index in [1.807, 2.05) is 0 Å². The van der Waals surface area contributed by atoms with Crippen LogP contribution in [-0.4, -0.2) is 18.3 Å². The highest BCUT2D eigenvalue weighted by atomic mass is 35.5. The van der Waals surface area contributed by atoms with Gasteiger partial charge in [0.25, 0.3) is 5.91 Å². The Hall–Kier alpha value is -0.730. The lowest BCUT2D eigenvalue weighted by Crippen LogP contribution is -2.24. The van der Waals surface area contributed by atoms with Crippen LogP contribution in [0.25, 0.3) is 0 Å². The summed E-state index contributed by atoms with van der Waals surface area (Å²) >= 11 is 11.4. The van der Waals surface area contributed by atoms with Crippen LogP contribution in [-0.2, 0) is 0 Å². The Morgan fingerprint density at radius 1 is 1.27 bits per heavy atom. The van der Waals surface area contributed by atoms with Gasteiger partial charge in [-0.05, 0) is 25.0 Å². The first kappa shape index (κ1) is 12.3. The predicted molar refractivity (Wildman–Crippen MR) is 63.7 cm³/mol. The molecule has 1 N–H and O–H groups in total. The van der Waals surface area contributed by atoms with Crippen molar-refractivity contribution in [2.75, 3.05) is 12.4 Å². The molecule has 0 bridgehead atoms. The second kappa shape index (κ2) is 6.70. The maximum atomic E-state index is 11.6. The normalized spacial score (nSPS) is 10.0. The van der Waals surface area contributed by atoms with Crippen molar-refractivity contribution in [2.24, 2.45) is 0 Å². The molecule has 15 heavy (non-hydrogen) atoms. The minimum absolute atomic E-state index is 0.129. The fourth-order valence-electron chi connectivity index (χ4n) is 1.16. The van der Waals surface area contributed by atoms with Crippen LogP contribution in [0.3, 0.4) is 0 Å². The highest BCUT2D eigenvalue weighted by Gasteiger charge is 2.07. The molecule has 4 heteroatoms. The average molecular weight is 246 g/mol. The highest BCUT2D eigenvalue weighted by Crippen LogP contribution is 2.14. The predicted octanol–water partition coefficient (Wildman–Crippen LogP) is 3.09. The van der Waals surface area contributed by atoms with E-state index >= 15 is 0 Å². The van der Waals surface area contributed by atoms with Crippen molar-refractivity contribution in [1.82, 2.24) is 5.32 Å².